The third kappa shape index (κ3) is 2.22. The number of aromatic amines is 1. The fourth-order valence-electron chi connectivity index (χ4n) is 0.483. The Morgan fingerprint density at radius 2 is 2.12 bits per heavy atom. The molecule has 0 unspecified atom stereocenters. The van der Waals surface area contributed by atoms with Gasteiger partial charge in [-0.05, 0) is 0 Å². The van der Waals surface area contributed by atoms with Crippen LogP contribution < -0.4 is 4.98 Å². The molecule has 46 valence electrons. The van der Waals surface area contributed by atoms with E-state index in [9.17, 15) is 0 Å². The predicted octanol–water partition coefficient (Wildman–Crippen LogP) is 0.807. The van der Waals surface area contributed by atoms with Crippen molar-refractivity contribution in [2.24, 2.45) is 0 Å². The van der Waals surface area contributed by atoms with Gasteiger partial charge in [-0.15, -0.1) is 0 Å². The quantitative estimate of drug-likeness (QED) is 0.671. The molecule has 0 radical (unpaired) electrons. The van der Waals surface area contributed by atoms with Crippen molar-refractivity contribution in [2.75, 3.05) is 0 Å². The fourth-order valence-corrected chi connectivity index (χ4v) is 0.483. The first-order chi connectivity index (χ1) is 3.39. The average molecular weight is 289 g/mol. The van der Waals surface area contributed by atoms with Crippen molar-refractivity contribution < 1.29 is 26.0 Å². The smallest absolute Gasteiger partial charge is 0.176 e. The van der Waals surface area contributed by atoms with E-state index in [2.05, 4.69) is 4.98 Å². The van der Waals surface area contributed by atoms with E-state index in [0.717, 1.165) is 0 Å². The molecule has 0 aliphatic heterocycles. The Bertz CT molecular complexity index is 138. The Hall–Kier alpha value is -0.162. The minimum absolute atomic E-state index is 0. The van der Waals surface area contributed by atoms with E-state index in [-0.39, 0.29) is 21.1 Å². The van der Waals surface area contributed by atoms with Gasteiger partial charge in [0.2, 0.25) is 0 Å². The normalized spacial score (nSPS) is 7.62. The molecule has 1 heterocycles. The average Bonchev–Trinajstić information content (AvgIpc) is 1.69. The maximum atomic E-state index is 3.03. The van der Waals surface area contributed by atoms with Gasteiger partial charge < -0.3 is 0 Å². The molecule has 0 bridgehead atoms. The number of hydrogen-bond acceptors (Lipinski definition) is 0. The second-order valence-corrected chi connectivity index (χ2v) is 1.55. The Morgan fingerprint density at radius 1 is 1.38 bits per heavy atom. The Kier molecular flexibility index (Phi) is 3.72. The molecule has 0 aliphatic carbocycles. The molecule has 1 rings (SSSR count). The topological polar surface area (TPSA) is 14.1 Å². The number of hydrogen-bond donors (Lipinski definition) is 0. The first-order valence-electron chi connectivity index (χ1n) is 2.33. The molecule has 0 atom stereocenters. The molecule has 1 aromatic rings. The molecule has 0 aromatic carbocycles. The van der Waals surface area contributed by atoms with Gasteiger partial charge in [0.15, 0.2) is 11.9 Å². The molecule has 0 amide bonds. The van der Waals surface area contributed by atoms with E-state index < -0.39 is 0 Å². The van der Waals surface area contributed by atoms with Crippen molar-refractivity contribution >= 4 is 0 Å². The minimum atomic E-state index is 0. The summed E-state index contributed by atoms with van der Waals surface area (Å²) in [7, 11) is 0. The van der Waals surface area contributed by atoms with Crippen LogP contribution in [0.4, 0.5) is 0 Å². The summed E-state index contributed by atoms with van der Waals surface area (Å²) in [6.45, 7) is 2.03. The van der Waals surface area contributed by atoms with Gasteiger partial charge in [0.05, 0.1) is 0 Å². The van der Waals surface area contributed by atoms with Crippen LogP contribution in [0, 0.1) is 6.92 Å². The molecule has 0 saturated carbocycles. The summed E-state index contributed by atoms with van der Waals surface area (Å²) in [6, 6.07) is 6.00. The van der Waals surface area contributed by atoms with E-state index >= 15 is 0 Å². The molecule has 0 saturated heterocycles. The molecule has 1 N–H and O–H groups in total. The summed E-state index contributed by atoms with van der Waals surface area (Å²) in [5, 5.41) is 0. The van der Waals surface area contributed by atoms with E-state index in [0.29, 0.717) is 0 Å². The van der Waals surface area contributed by atoms with Gasteiger partial charge in [0, 0.05) is 40.1 Å². The summed E-state index contributed by atoms with van der Waals surface area (Å²) >= 11 is 0. The van der Waals surface area contributed by atoms with Gasteiger partial charge in [0.25, 0.3) is 0 Å². The van der Waals surface area contributed by atoms with Crippen LogP contribution >= 0.6 is 0 Å². The summed E-state index contributed by atoms with van der Waals surface area (Å²) in [5.74, 6) is 0. The maximum Gasteiger partial charge on any atom is 0.176 e. The second-order valence-electron chi connectivity index (χ2n) is 1.55. The zero-order valence-corrected chi connectivity index (χ0v) is 6.90. The maximum absolute atomic E-state index is 3.03. The molecular weight excluding hydrogens is 281 g/mol. The van der Waals surface area contributed by atoms with Gasteiger partial charge in [-0.3, -0.25) is 0 Å². The molecule has 2 heteroatoms. The number of aryl methyl sites for hydroxylation is 1. The molecular formula is C6H8NPt+. The van der Waals surface area contributed by atoms with Crippen molar-refractivity contribution in [3.63, 3.8) is 0 Å². The molecule has 0 fully saturated rings. The SMILES string of the molecule is Cc1cccc[nH+]1.[Pt]. The van der Waals surface area contributed by atoms with Gasteiger partial charge >= 0.3 is 0 Å². The van der Waals surface area contributed by atoms with Crippen LogP contribution in [0.25, 0.3) is 0 Å². The van der Waals surface area contributed by atoms with E-state index in [4.69, 9.17) is 0 Å². The van der Waals surface area contributed by atoms with Crippen LogP contribution in [0.5, 0.6) is 0 Å². The van der Waals surface area contributed by atoms with Crippen LogP contribution in [-0.2, 0) is 21.1 Å². The van der Waals surface area contributed by atoms with Crippen LogP contribution in [-0.4, -0.2) is 0 Å². The third-order valence-corrected chi connectivity index (χ3v) is 0.865. The monoisotopic (exact) mass is 289 g/mol. The van der Waals surface area contributed by atoms with Gasteiger partial charge in [-0.1, -0.05) is 6.07 Å². The zero-order valence-electron chi connectivity index (χ0n) is 4.63. The fraction of sp³-hybridized carbons (Fsp3) is 0.167. The number of pyridine rings is 1. The number of aromatic nitrogens is 1. The Morgan fingerprint density at radius 3 is 2.38 bits per heavy atom. The van der Waals surface area contributed by atoms with E-state index in [1.54, 1.807) is 0 Å². The summed E-state index contributed by atoms with van der Waals surface area (Å²) in [4.78, 5) is 3.03. The summed E-state index contributed by atoms with van der Waals surface area (Å²) in [6.07, 6.45) is 1.91. The number of rotatable bonds is 0. The third-order valence-electron chi connectivity index (χ3n) is 0.865. The van der Waals surface area contributed by atoms with Gasteiger partial charge in [-0.25, -0.2) is 4.98 Å². The largest absolute Gasteiger partial charge is 0.215 e. The van der Waals surface area contributed by atoms with Gasteiger partial charge in [0.1, 0.15) is 0 Å². The van der Waals surface area contributed by atoms with Crippen molar-refractivity contribution in [3.8, 4) is 0 Å². The second kappa shape index (κ2) is 3.79. The predicted molar refractivity (Wildman–Crippen MR) is 27.7 cm³/mol. The van der Waals surface area contributed by atoms with E-state index in [1.165, 1.54) is 5.69 Å². The van der Waals surface area contributed by atoms with E-state index in [1.807, 2.05) is 31.3 Å². The summed E-state index contributed by atoms with van der Waals surface area (Å²) in [5.41, 5.74) is 1.20. The van der Waals surface area contributed by atoms with Crippen molar-refractivity contribution in [3.05, 3.63) is 30.1 Å². The Labute approximate surface area is 63.4 Å². The van der Waals surface area contributed by atoms with Crippen LogP contribution in [0.1, 0.15) is 5.69 Å². The standard InChI is InChI=1S/C6H7N.Pt/c1-6-4-2-3-5-7-6;/h2-5H,1H3;/p+1. The molecule has 1 aromatic heterocycles. The molecule has 1 nitrogen and oxygen atoms in total. The van der Waals surface area contributed by atoms with Crippen molar-refractivity contribution in [1.82, 2.24) is 0 Å². The number of nitrogens with one attached hydrogen (secondary N) is 1. The number of H-pyrrole nitrogens is 1. The molecule has 0 aliphatic rings. The Balaban J connectivity index is 0.000000490. The van der Waals surface area contributed by atoms with Crippen LogP contribution in [0.2, 0.25) is 0 Å². The van der Waals surface area contributed by atoms with Crippen molar-refractivity contribution in [1.29, 1.82) is 0 Å². The van der Waals surface area contributed by atoms with Crippen LogP contribution in [0.3, 0.4) is 0 Å². The van der Waals surface area contributed by atoms with Crippen LogP contribution in [0.15, 0.2) is 24.4 Å². The first kappa shape index (κ1) is 7.84. The van der Waals surface area contributed by atoms with Gasteiger partial charge in [-0.2, -0.15) is 0 Å². The summed E-state index contributed by atoms with van der Waals surface area (Å²) < 4.78 is 0. The molecule has 0 spiro atoms. The zero-order chi connectivity index (χ0) is 5.11. The molecule has 8 heavy (non-hydrogen) atoms. The first-order valence-corrected chi connectivity index (χ1v) is 2.33. The van der Waals surface area contributed by atoms with Crippen molar-refractivity contribution in [2.45, 2.75) is 6.92 Å². The minimum Gasteiger partial charge on any atom is -0.215 e.